The van der Waals surface area contributed by atoms with Crippen molar-refractivity contribution in [3.05, 3.63) is 64.5 Å². The van der Waals surface area contributed by atoms with Gasteiger partial charge >= 0.3 is 11.8 Å². The van der Waals surface area contributed by atoms with Crippen LogP contribution in [-0.2, 0) is 6.18 Å². The maximum atomic E-state index is 13.5. The van der Waals surface area contributed by atoms with Crippen LogP contribution in [0.2, 0.25) is 0 Å². The highest BCUT2D eigenvalue weighted by Gasteiger charge is 2.38. The monoisotopic (exact) mass is 306 g/mol. The average molecular weight is 306 g/mol. The third-order valence-corrected chi connectivity index (χ3v) is 3.24. The molecule has 0 spiro atoms. The van der Waals surface area contributed by atoms with Gasteiger partial charge in [-0.15, -0.1) is 0 Å². The Morgan fingerprint density at radius 3 is 2.32 bits per heavy atom. The molecule has 1 N–H and O–H groups in total. The van der Waals surface area contributed by atoms with E-state index in [1.54, 1.807) is 6.07 Å². The highest BCUT2D eigenvalue weighted by atomic mass is 19.4. The predicted octanol–water partition coefficient (Wildman–Crippen LogP) is 4.18. The molecule has 112 valence electrons. The summed E-state index contributed by atoms with van der Waals surface area (Å²) >= 11 is 0. The van der Waals surface area contributed by atoms with Crippen LogP contribution in [0.15, 0.2) is 57.7 Å². The number of phenols is 1. The smallest absolute Gasteiger partial charge is 0.417 e. The van der Waals surface area contributed by atoms with Gasteiger partial charge in [0.05, 0.1) is 11.1 Å². The Bertz CT molecular complexity index is 896. The van der Waals surface area contributed by atoms with Gasteiger partial charge in [0.15, 0.2) is 0 Å². The third kappa shape index (κ3) is 2.32. The normalized spacial score (nSPS) is 11.8. The molecule has 0 aliphatic carbocycles. The van der Waals surface area contributed by atoms with E-state index in [9.17, 15) is 23.1 Å². The Morgan fingerprint density at radius 2 is 1.68 bits per heavy atom. The van der Waals surface area contributed by atoms with Crippen molar-refractivity contribution in [1.29, 1.82) is 0 Å². The molecule has 0 aliphatic heterocycles. The summed E-state index contributed by atoms with van der Waals surface area (Å²) in [7, 11) is 0. The van der Waals surface area contributed by atoms with E-state index in [0.717, 1.165) is 18.2 Å². The summed E-state index contributed by atoms with van der Waals surface area (Å²) in [5.74, 6) is -0.281. The minimum atomic E-state index is -4.74. The lowest BCUT2D eigenvalue weighted by Gasteiger charge is -2.14. The first-order valence-corrected chi connectivity index (χ1v) is 6.30. The van der Waals surface area contributed by atoms with E-state index < -0.39 is 22.9 Å². The van der Waals surface area contributed by atoms with Crippen molar-refractivity contribution >= 4 is 11.0 Å². The molecule has 22 heavy (non-hydrogen) atoms. The highest BCUT2D eigenvalue weighted by molar-refractivity contribution is 5.88. The summed E-state index contributed by atoms with van der Waals surface area (Å²) in [5.41, 5.74) is -2.89. The Kier molecular flexibility index (Phi) is 3.16. The lowest BCUT2D eigenvalue weighted by Crippen LogP contribution is -2.15. The van der Waals surface area contributed by atoms with Gasteiger partial charge in [0.25, 0.3) is 0 Å². The zero-order chi connectivity index (χ0) is 15.9. The van der Waals surface area contributed by atoms with Crippen LogP contribution in [0.5, 0.6) is 5.75 Å². The molecule has 3 aromatic rings. The number of phenolic OH excluding ortho intramolecular Hbond substituents is 1. The molecule has 0 aliphatic rings. The number of hydrogen-bond acceptors (Lipinski definition) is 3. The Hall–Kier alpha value is -2.76. The van der Waals surface area contributed by atoms with Crippen molar-refractivity contribution in [2.45, 2.75) is 6.18 Å². The van der Waals surface area contributed by atoms with Crippen LogP contribution < -0.4 is 5.63 Å². The van der Waals surface area contributed by atoms with Gasteiger partial charge in [0, 0.05) is 11.5 Å². The second kappa shape index (κ2) is 4.91. The molecule has 3 rings (SSSR count). The molecular weight excluding hydrogens is 297 g/mol. The van der Waals surface area contributed by atoms with E-state index in [2.05, 4.69) is 0 Å². The van der Waals surface area contributed by atoms with Crippen molar-refractivity contribution in [3.8, 4) is 16.9 Å². The summed E-state index contributed by atoms with van der Waals surface area (Å²) in [5, 5.41) is 9.08. The molecule has 0 unspecified atom stereocenters. The minimum absolute atomic E-state index is 0.124. The summed E-state index contributed by atoms with van der Waals surface area (Å²) < 4.78 is 45.5. The first-order chi connectivity index (χ1) is 10.4. The van der Waals surface area contributed by atoms with Gasteiger partial charge < -0.3 is 9.52 Å². The van der Waals surface area contributed by atoms with E-state index in [0.29, 0.717) is 0 Å². The molecule has 2 aromatic carbocycles. The quantitative estimate of drug-likeness (QED) is 0.686. The largest absolute Gasteiger partial charge is 0.508 e. The van der Waals surface area contributed by atoms with Crippen molar-refractivity contribution < 1.29 is 22.7 Å². The highest BCUT2D eigenvalue weighted by Crippen LogP contribution is 2.40. The molecule has 3 nitrogen and oxygen atoms in total. The molecule has 1 heterocycles. The molecule has 1 aromatic heterocycles. The topological polar surface area (TPSA) is 50.4 Å². The number of fused-ring (bicyclic) bond motifs is 1. The van der Waals surface area contributed by atoms with Gasteiger partial charge in [0.2, 0.25) is 0 Å². The Morgan fingerprint density at radius 1 is 1.00 bits per heavy atom. The standard InChI is InChI=1S/C16H9F3O3/c17-16(18,19)14-11-7-6-10(20)8-12(11)22-15(21)13(14)9-4-2-1-3-5-9/h1-8,20H. The van der Waals surface area contributed by atoms with E-state index in [-0.39, 0.29) is 22.3 Å². The number of benzene rings is 2. The van der Waals surface area contributed by atoms with Gasteiger partial charge in [-0.25, -0.2) is 4.79 Å². The Balaban J connectivity index is 2.49. The first-order valence-electron chi connectivity index (χ1n) is 6.30. The van der Waals surface area contributed by atoms with Crippen LogP contribution in [0.4, 0.5) is 13.2 Å². The van der Waals surface area contributed by atoms with Crippen LogP contribution in [0.1, 0.15) is 5.56 Å². The zero-order valence-corrected chi connectivity index (χ0v) is 11.0. The zero-order valence-electron chi connectivity index (χ0n) is 11.0. The van der Waals surface area contributed by atoms with Crippen LogP contribution >= 0.6 is 0 Å². The van der Waals surface area contributed by atoms with Crippen molar-refractivity contribution in [2.24, 2.45) is 0 Å². The summed E-state index contributed by atoms with van der Waals surface area (Å²) in [6, 6.07) is 10.7. The lowest BCUT2D eigenvalue weighted by atomic mass is 9.98. The minimum Gasteiger partial charge on any atom is -0.508 e. The van der Waals surface area contributed by atoms with E-state index in [1.165, 1.54) is 24.3 Å². The van der Waals surface area contributed by atoms with Gasteiger partial charge in [-0.2, -0.15) is 13.2 Å². The number of alkyl halides is 3. The molecule has 0 saturated heterocycles. The second-order valence-corrected chi connectivity index (χ2v) is 4.68. The maximum absolute atomic E-state index is 13.5. The van der Waals surface area contributed by atoms with Gasteiger partial charge in [0.1, 0.15) is 11.3 Å². The van der Waals surface area contributed by atoms with Crippen molar-refractivity contribution in [1.82, 2.24) is 0 Å². The first kappa shape index (κ1) is 14.2. The maximum Gasteiger partial charge on any atom is 0.417 e. The molecule has 0 saturated carbocycles. The fourth-order valence-electron chi connectivity index (χ4n) is 2.35. The molecule has 0 amide bonds. The molecule has 0 fully saturated rings. The molecule has 0 atom stereocenters. The van der Waals surface area contributed by atoms with Gasteiger partial charge in [-0.1, -0.05) is 30.3 Å². The molecule has 0 radical (unpaired) electrons. The number of halogens is 3. The Labute approximate surface area is 122 Å². The van der Waals surface area contributed by atoms with Crippen molar-refractivity contribution in [2.75, 3.05) is 0 Å². The van der Waals surface area contributed by atoms with Crippen LogP contribution in [-0.4, -0.2) is 5.11 Å². The van der Waals surface area contributed by atoms with E-state index >= 15 is 0 Å². The van der Waals surface area contributed by atoms with E-state index in [4.69, 9.17) is 4.42 Å². The molecular formula is C16H9F3O3. The molecule has 6 heteroatoms. The SMILES string of the molecule is O=c1oc2cc(O)ccc2c(C(F)(F)F)c1-c1ccccc1. The van der Waals surface area contributed by atoms with Crippen molar-refractivity contribution in [3.63, 3.8) is 0 Å². The molecule has 0 bridgehead atoms. The number of hydrogen-bond donors (Lipinski definition) is 1. The number of rotatable bonds is 1. The summed E-state index contributed by atoms with van der Waals surface area (Å²) in [4.78, 5) is 12.1. The lowest BCUT2D eigenvalue weighted by molar-refractivity contribution is -0.136. The second-order valence-electron chi connectivity index (χ2n) is 4.68. The van der Waals surface area contributed by atoms with Gasteiger partial charge in [-0.05, 0) is 17.7 Å². The summed E-state index contributed by atoms with van der Waals surface area (Å²) in [6.45, 7) is 0. The average Bonchev–Trinajstić information content (AvgIpc) is 2.45. The fraction of sp³-hybridized carbons (Fsp3) is 0.0625. The van der Waals surface area contributed by atoms with Crippen LogP contribution in [0.3, 0.4) is 0 Å². The van der Waals surface area contributed by atoms with Gasteiger partial charge in [-0.3, -0.25) is 0 Å². The van der Waals surface area contributed by atoms with Crippen LogP contribution in [0, 0.1) is 0 Å². The summed E-state index contributed by atoms with van der Waals surface area (Å²) in [6.07, 6.45) is -4.74. The number of aromatic hydroxyl groups is 1. The third-order valence-electron chi connectivity index (χ3n) is 3.24. The predicted molar refractivity (Wildman–Crippen MR) is 74.6 cm³/mol. The van der Waals surface area contributed by atoms with E-state index in [1.807, 2.05) is 0 Å². The fourth-order valence-corrected chi connectivity index (χ4v) is 2.35. The van der Waals surface area contributed by atoms with Crippen LogP contribution in [0.25, 0.3) is 22.1 Å².